The molecule has 1 aromatic heterocycles. The number of nitrogens with one attached hydrogen (secondary N) is 1. The molecule has 0 amide bonds. The molecule has 0 aliphatic heterocycles. The normalized spacial score (nSPS) is 14.1. The lowest BCUT2D eigenvalue weighted by atomic mass is 10.1. The second kappa shape index (κ2) is 9.16. The van der Waals surface area contributed by atoms with Crippen molar-refractivity contribution >= 4 is 11.8 Å². The zero-order chi connectivity index (χ0) is 15.7. The van der Waals surface area contributed by atoms with Gasteiger partial charge < -0.3 is 10.1 Å². The van der Waals surface area contributed by atoms with Crippen LogP contribution in [0.15, 0.2) is 36.6 Å². The van der Waals surface area contributed by atoms with Crippen LogP contribution in [-0.2, 0) is 0 Å². The highest BCUT2D eigenvalue weighted by atomic mass is 32.2. The van der Waals surface area contributed by atoms with Gasteiger partial charge in [-0.25, -0.2) is 4.98 Å². The second-order valence-electron chi connectivity index (χ2n) is 4.17. The SMILES string of the molecule is C=CC(=CC)COc1nccc(C(C#N)C(NC)SC)n1. The molecule has 2 atom stereocenters. The number of allylic oxidation sites excluding steroid dienone is 1. The summed E-state index contributed by atoms with van der Waals surface area (Å²) < 4.78 is 5.53. The van der Waals surface area contributed by atoms with E-state index in [1.165, 1.54) is 0 Å². The Morgan fingerprint density at radius 1 is 1.67 bits per heavy atom. The fraction of sp³-hybridized carbons (Fsp3) is 0.400. The summed E-state index contributed by atoms with van der Waals surface area (Å²) in [6, 6.07) is 4.29. The topological polar surface area (TPSA) is 70.8 Å². The van der Waals surface area contributed by atoms with Gasteiger partial charge in [0.15, 0.2) is 0 Å². The van der Waals surface area contributed by atoms with Gasteiger partial charge in [0.05, 0.1) is 17.1 Å². The van der Waals surface area contributed by atoms with Crippen molar-refractivity contribution in [3.63, 3.8) is 0 Å². The number of hydrogen-bond acceptors (Lipinski definition) is 6. The molecule has 0 radical (unpaired) electrons. The Bertz CT molecular complexity index is 535. The summed E-state index contributed by atoms with van der Waals surface area (Å²) in [6.45, 7) is 5.98. The van der Waals surface area contributed by atoms with Crippen LogP contribution >= 0.6 is 11.8 Å². The van der Waals surface area contributed by atoms with Crippen molar-refractivity contribution in [2.24, 2.45) is 0 Å². The molecule has 1 aromatic rings. The Hall–Kier alpha value is -1.84. The van der Waals surface area contributed by atoms with Crippen LogP contribution in [0.1, 0.15) is 18.5 Å². The highest BCUT2D eigenvalue weighted by molar-refractivity contribution is 7.99. The number of likely N-dealkylation sites (N-methyl/N-ethyl adjacent to an activating group) is 1. The van der Waals surface area contributed by atoms with Gasteiger partial charge in [0.2, 0.25) is 0 Å². The summed E-state index contributed by atoms with van der Waals surface area (Å²) in [5.74, 6) is -0.365. The number of hydrogen-bond donors (Lipinski definition) is 1. The molecule has 21 heavy (non-hydrogen) atoms. The first-order chi connectivity index (χ1) is 10.2. The van der Waals surface area contributed by atoms with Crippen LogP contribution in [0.25, 0.3) is 0 Å². The van der Waals surface area contributed by atoms with Crippen LogP contribution in [0.3, 0.4) is 0 Å². The fourth-order valence-corrected chi connectivity index (χ4v) is 2.42. The van der Waals surface area contributed by atoms with Crippen LogP contribution in [0, 0.1) is 11.3 Å². The molecule has 1 heterocycles. The van der Waals surface area contributed by atoms with E-state index in [2.05, 4.69) is 27.9 Å². The van der Waals surface area contributed by atoms with Gasteiger partial charge in [-0.1, -0.05) is 18.7 Å². The van der Waals surface area contributed by atoms with Crippen LogP contribution < -0.4 is 10.1 Å². The van der Waals surface area contributed by atoms with E-state index < -0.39 is 0 Å². The Kier molecular flexibility index (Phi) is 7.51. The monoisotopic (exact) mass is 304 g/mol. The van der Waals surface area contributed by atoms with Crippen molar-refractivity contribution in [3.05, 3.63) is 42.3 Å². The zero-order valence-corrected chi connectivity index (χ0v) is 13.4. The summed E-state index contributed by atoms with van der Waals surface area (Å²) >= 11 is 1.57. The van der Waals surface area contributed by atoms with Gasteiger partial charge in [-0.15, -0.1) is 11.8 Å². The minimum atomic E-state index is -0.365. The lowest BCUT2D eigenvalue weighted by Crippen LogP contribution is -2.28. The maximum absolute atomic E-state index is 9.37. The first kappa shape index (κ1) is 17.2. The largest absolute Gasteiger partial charge is 0.459 e. The molecule has 2 unspecified atom stereocenters. The van der Waals surface area contributed by atoms with E-state index in [-0.39, 0.29) is 17.3 Å². The number of rotatable bonds is 8. The van der Waals surface area contributed by atoms with Crippen LogP contribution in [0.5, 0.6) is 6.01 Å². The predicted octanol–water partition coefficient (Wildman–Crippen LogP) is 2.50. The molecule has 0 saturated carbocycles. The Balaban J connectivity index is 2.89. The molecule has 0 fully saturated rings. The highest BCUT2D eigenvalue weighted by Gasteiger charge is 2.22. The molecule has 0 aliphatic carbocycles. The standard InChI is InChI=1S/C15H20N4OS/c1-5-11(6-2)10-20-15-18-8-7-13(19-15)12(9-16)14(17-3)21-4/h5-8,12,14,17H,1,10H2,2-4H3. The fourth-order valence-electron chi connectivity index (χ4n) is 1.71. The van der Waals surface area contributed by atoms with Crippen molar-refractivity contribution in [1.29, 1.82) is 5.26 Å². The molecule has 1 N–H and O–H groups in total. The third-order valence-corrected chi connectivity index (χ3v) is 3.97. The average molecular weight is 304 g/mol. The van der Waals surface area contributed by atoms with Gasteiger partial charge in [0.25, 0.3) is 0 Å². The minimum absolute atomic E-state index is 0.0305. The number of thioether (sulfide) groups is 1. The summed E-state index contributed by atoms with van der Waals surface area (Å²) in [7, 11) is 1.83. The van der Waals surface area contributed by atoms with Crippen molar-refractivity contribution in [2.75, 3.05) is 19.9 Å². The lowest BCUT2D eigenvalue weighted by Gasteiger charge is -2.18. The average Bonchev–Trinajstić information content (AvgIpc) is 2.53. The zero-order valence-electron chi connectivity index (χ0n) is 12.5. The number of nitrogens with zero attached hydrogens (tertiary/aromatic N) is 3. The first-order valence-corrected chi connectivity index (χ1v) is 7.82. The van der Waals surface area contributed by atoms with E-state index in [9.17, 15) is 5.26 Å². The van der Waals surface area contributed by atoms with Gasteiger partial charge >= 0.3 is 6.01 Å². The van der Waals surface area contributed by atoms with Crippen LogP contribution in [-0.4, -0.2) is 35.3 Å². The van der Waals surface area contributed by atoms with Gasteiger partial charge in [0.1, 0.15) is 12.5 Å². The number of nitriles is 1. The first-order valence-electron chi connectivity index (χ1n) is 6.53. The molecular formula is C15H20N4OS. The lowest BCUT2D eigenvalue weighted by molar-refractivity contribution is 0.324. The molecule has 0 aromatic carbocycles. The summed E-state index contributed by atoms with van der Waals surface area (Å²) in [5, 5.41) is 12.4. The molecule has 0 spiro atoms. The summed E-state index contributed by atoms with van der Waals surface area (Å²) in [6.07, 6.45) is 7.21. The highest BCUT2D eigenvalue weighted by Crippen LogP contribution is 2.24. The molecule has 6 heteroatoms. The molecule has 0 aliphatic rings. The molecule has 112 valence electrons. The molecule has 1 rings (SSSR count). The predicted molar refractivity (Wildman–Crippen MR) is 86.2 cm³/mol. The Morgan fingerprint density at radius 2 is 2.43 bits per heavy atom. The van der Waals surface area contributed by atoms with E-state index in [4.69, 9.17) is 4.74 Å². The van der Waals surface area contributed by atoms with Crippen molar-refractivity contribution in [2.45, 2.75) is 18.2 Å². The van der Waals surface area contributed by atoms with Gasteiger partial charge in [0, 0.05) is 6.20 Å². The van der Waals surface area contributed by atoms with Crippen LogP contribution in [0.4, 0.5) is 0 Å². The van der Waals surface area contributed by atoms with Crippen LogP contribution in [0.2, 0.25) is 0 Å². The Morgan fingerprint density at radius 3 is 2.95 bits per heavy atom. The van der Waals surface area contributed by atoms with Gasteiger partial charge in [-0.05, 0) is 31.9 Å². The van der Waals surface area contributed by atoms with E-state index >= 15 is 0 Å². The number of aromatic nitrogens is 2. The Labute approximate surface area is 130 Å². The smallest absolute Gasteiger partial charge is 0.316 e. The van der Waals surface area contributed by atoms with Crippen molar-refractivity contribution in [1.82, 2.24) is 15.3 Å². The van der Waals surface area contributed by atoms with Gasteiger partial charge in [-0.3, -0.25) is 0 Å². The summed E-state index contributed by atoms with van der Waals surface area (Å²) in [4.78, 5) is 8.41. The quantitative estimate of drug-likeness (QED) is 0.588. The third kappa shape index (κ3) is 4.88. The van der Waals surface area contributed by atoms with E-state index in [0.717, 1.165) is 5.57 Å². The number of ether oxygens (including phenoxy) is 1. The second-order valence-corrected chi connectivity index (χ2v) is 5.15. The molecular weight excluding hydrogens is 284 g/mol. The maximum Gasteiger partial charge on any atom is 0.316 e. The van der Waals surface area contributed by atoms with Crippen molar-refractivity contribution in [3.8, 4) is 12.1 Å². The van der Waals surface area contributed by atoms with E-state index in [1.54, 1.807) is 30.1 Å². The minimum Gasteiger partial charge on any atom is -0.459 e. The van der Waals surface area contributed by atoms with E-state index in [1.807, 2.05) is 26.3 Å². The maximum atomic E-state index is 9.37. The molecule has 5 nitrogen and oxygen atoms in total. The van der Waals surface area contributed by atoms with Gasteiger partial charge in [-0.2, -0.15) is 10.2 Å². The van der Waals surface area contributed by atoms with Crippen molar-refractivity contribution < 1.29 is 4.74 Å². The molecule has 0 bridgehead atoms. The molecule has 0 saturated heterocycles. The third-order valence-electron chi connectivity index (χ3n) is 2.95. The summed E-state index contributed by atoms with van der Waals surface area (Å²) in [5.41, 5.74) is 1.61. The van der Waals surface area contributed by atoms with E-state index in [0.29, 0.717) is 12.3 Å².